The van der Waals surface area contributed by atoms with E-state index in [2.05, 4.69) is 25.2 Å². The monoisotopic (exact) mass is 197 g/mol. The molecule has 0 saturated heterocycles. The second kappa shape index (κ2) is 4.52. The number of rotatable bonds is 3. The molecule has 1 nitrogen and oxygen atoms in total. The van der Waals surface area contributed by atoms with Crippen molar-refractivity contribution in [1.82, 2.24) is 0 Å². The SMILES string of the molecule is Cc1cc(NCC(C)C)ccc1Cl. The second-order valence-electron chi connectivity index (χ2n) is 3.74. The van der Waals surface area contributed by atoms with Crippen molar-refractivity contribution in [3.8, 4) is 0 Å². The summed E-state index contributed by atoms with van der Waals surface area (Å²) < 4.78 is 0. The molecule has 0 saturated carbocycles. The average molecular weight is 198 g/mol. The van der Waals surface area contributed by atoms with E-state index < -0.39 is 0 Å². The van der Waals surface area contributed by atoms with Gasteiger partial charge in [-0.2, -0.15) is 0 Å². The minimum Gasteiger partial charge on any atom is -0.385 e. The number of benzene rings is 1. The first kappa shape index (κ1) is 10.4. The first-order valence-corrected chi connectivity index (χ1v) is 4.97. The summed E-state index contributed by atoms with van der Waals surface area (Å²) in [7, 11) is 0. The summed E-state index contributed by atoms with van der Waals surface area (Å²) >= 11 is 5.92. The van der Waals surface area contributed by atoms with Crippen molar-refractivity contribution in [2.24, 2.45) is 5.92 Å². The molecule has 1 rings (SSSR count). The Bertz CT molecular complexity index is 281. The third kappa shape index (κ3) is 3.27. The Morgan fingerprint density at radius 3 is 2.62 bits per heavy atom. The molecule has 0 radical (unpaired) electrons. The minimum atomic E-state index is 0.663. The van der Waals surface area contributed by atoms with Gasteiger partial charge in [0.15, 0.2) is 0 Å². The fourth-order valence-electron chi connectivity index (χ4n) is 1.08. The first-order valence-electron chi connectivity index (χ1n) is 4.59. The highest BCUT2D eigenvalue weighted by molar-refractivity contribution is 6.31. The highest BCUT2D eigenvalue weighted by atomic mass is 35.5. The van der Waals surface area contributed by atoms with Gasteiger partial charge in [-0.1, -0.05) is 25.4 Å². The summed E-state index contributed by atoms with van der Waals surface area (Å²) in [6, 6.07) is 6.02. The molecule has 0 aliphatic carbocycles. The van der Waals surface area contributed by atoms with E-state index in [-0.39, 0.29) is 0 Å². The van der Waals surface area contributed by atoms with E-state index in [9.17, 15) is 0 Å². The largest absolute Gasteiger partial charge is 0.385 e. The average Bonchev–Trinajstić information content (AvgIpc) is 2.07. The maximum Gasteiger partial charge on any atom is 0.0436 e. The van der Waals surface area contributed by atoms with Crippen LogP contribution in [0.15, 0.2) is 18.2 Å². The van der Waals surface area contributed by atoms with Gasteiger partial charge in [0, 0.05) is 17.3 Å². The van der Waals surface area contributed by atoms with Crippen LogP contribution in [-0.4, -0.2) is 6.54 Å². The summed E-state index contributed by atoms with van der Waals surface area (Å²) in [6.45, 7) is 7.40. The van der Waals surface area contributed by atoms with Crippen LogP contribution in [0.2, 0.25) is 5.02 Å². The Morgan fingerprint density at radius 1 is 1.38 bits per heavy atom. The van der Waals surface area contributed by atoms with Crippen LogP contribution in [0.5, 0.6) is 0 Å². The zero-order valence-corrected chi connectivity index (χ0v) is 9.15. The van der Waals surface area contributed by atoms with E-state index in [1.165, 1.54) is 0 Å². The third-order valence-corrected chi connectivity index (χ3v) is 2.30. The lowest BCUT2D eigenvalue weighted by molar-refractivity contribution is 0.689. The van der Waals surface area contributed by atoms with Crippen molar-refractivity contribution in [3.63, 3.8) is 0 Å². The van der Waals surface area contributed by atoms with Gasteiger partial charge in [0.25, 0.3) is 0 Å². The van der Waals surface area contributed by atoms with Crippen LogP contribution in [-0.2, 0) is 0 Å². The van der Waals surface area contributed by atoms with Gasteiger partial charge in [0.2, 0.25) is 0 Å². The van der Waals surface area contributed by atoms with Gasteiger partial charge < -0.3 is 5.32 Å². The Balaban J connectivity index is 2.63. The number of hydrogen-bond donors (Lipinski definition) is 1. The molecule has 0 aliphatic rings. The lowest BCUT2D eigenvalue weighted by Crippen LogP contribution is -2.07. The maximum atomic E-state index is 5.92. The van der Waals surface area contributed by atoms with Crippen molar-refractivity contribution in [1.29, 1.82) is 0 Å². The normalized spacial score (nSPS) is 10.5. The molecule has 1 N–H and O–H groups in total. The molecule has 0 heterocycles. The van der Waals surface area contributed by atoms with Gasteiger partial charge in [-0.25, -0.2) is 0 Å². The molecule has 0 atom stereocenters. The number of hydrogen-bond acceptors (Lipinski definition) is 1. The van der Waals surface area contributed by atoms with Gasteiger partial charge in [0.1, 0.15) is 0 Å². The van der Waals surface area contributed by atoms with Crippen molar-refractivity contribution in [2.45, 2.75) is 20.8 Å². The number of aryl methyl sites for hydroxylation is 1. The van der Waals surface area contributed by atoms with Crippen LogP contribution >= 0.6 is 11.6 Å². The molecule has 0 aliphatic heterocycles. The quantitative estimate of drug-likeness (QED) is 0.779. The van der Waals surface area contributed by atoms with Crippen LogP contribution in [0.1, 0.15) is 19.4 Å². The Morgan fingerprint density at radius 2 is 2.08 bits per heavy atom. The van der Waals surface area contributed by atoms with E-state index >= 15 is 0 Å². The lowest BCUT2D eigenvalue weighted by atomic mass is 10.2. The smallest absolute Gasteiger partial charge is 0.0436 e. The Hall–Kier alpha value is -0.690. The standard InChI is InChI=1S/C11H16ClN/c1-8(2)7-13-10-4-5-11(12)9(3)6-10/h4-6,8,13H,7H2,1-3H3. The molecule has 1 aromatic carbocycles. The lowest BCUT2D eigenvalue weighted by Gasteiger charge is -2.09. The summed E-state index contributed by atoms with van der Waals surface area (Å²) in [5.41, 5.74) is 2.27. The third-order valence-electron chi connectivity index (χ3n) is 1.87. The predicted molar refractivity (Wildman–Crippen MR) is 59.5 cm³/mol. The zero-order chi connectivity index (χ0) is 9.84. The van der Waals surface area contributed by atoms with Gasteiger partial charge in [0.05, 0.1) is 0 Å². The van der Waals surface area contributed by atoms with Crippen LogP contribution in [0, 0.1) is 12.8 Å². The van der Waals surface area contributed by atoms with E-state index in [1.807, 2.05) is 19.1 Å². The van der Waals surface area contributed by atoms with Crippen molar-refractivity contribution in [2.75, 3.05) is 11.9 Å². The van der Waals surface area contributed by atoms with Crippen LogP contribution < -0.4 is 5.32 Å². The van der Waals surface area contributed by atoms with E-state index in [1.54, 1.807) is 0 Å². The van der Waals surface area contributed by atoms with Gasteiger partial charge in [-0.05, 0) is 36.6 Å². The van der Waals surface area contributed by atoms with E-state index in [0.717, 1.165) is 22.8 Å². The molecule has 13 heavy (non-hydrogen) atoms. The molecule has 2 heteroatoms. The number of nitrogens with one attached hydrogen (secondary N) is 1. The molecule has 0 fully saturated rings. The zero-order valence-electron chi connectivity index (χ0n) is 8.39. The molecule has 0 bridgehead atoms. The summed E-state index contributed by atoms with van der Waals surface area (Å²) in [5.74, 6) is 0.663. The second-order valence-corrected chi connectivity index (χ2v) is 4.15. The van der Waals surface area contributed by atoms with Crippen LogP contribution in [0.3, 0.4) is 0 Å². The fourth-order valence-corrected chi connectivity index (χ4v) is 1.19. The molecular weight excluding hydrogens is 182 g/mol. The predicted octanol–water partition coefficient (Wildman–Crippen LogP) is 3.72. The minimum absolute atomic E-state index is 0.663. The first-order chi connectivity index (χ1) is 6.09. The van der Waals surface area contributed by atoms with Crippen molar-refractivity contribution in [3.05, 3.63) is 28.8 Å². The highest BCUT2D eigenvalue weighted by Gasteiger charge is 1.97. The van der Waals surface area contributed by atoms with Gasteiger partial charge >= 0.3 is 0 Å². The molecule has 1 aromatic rings. The molecule has 0 amide bonds. The molecule has 0 aromatic heterocycles. The Kier molecular flexibility index (Phi) is 3.61. The summed E-state index contributed by atoms with van der Waals surface area (Å²) in [4.78, 5) is 0. The highest BCUT2D eigenvalue weighted by Crippen LogP contribution is 2.19. The van der Waals surface area contributed by atoms with Crippen molar-refractivity contribution < 1.29 is 0 Å². The summed E-state index contributed by atoms with van der Waals surface area (Å²) in [6.07, 6.45) is 0. The Labute approximate surface area is 85.1 Å². The topological polar surface area (TPSA) is 12.0 Å². The molecule has 72 valence electrons. The maximum absolute atomic E-state index is 5.92. The van der Waals surface area contributed by atoms with Crippen LogP contribution in [0.25, 0.3) is 0 Å². The van der Waals surface area contributed by atoms with Crippen LogP contribution in [0.4, 0.5) is 5.69 Å². The molecule has 0 unspecified atom stereocenters. The van der Waals surface area contributed by atoms with Gasteiger partial charge in [-0.15, -0.1) is 0 Å². The summed E-state index contributed by atoms with van der Waals surface area (Å²) in [5, 5.41) is 4.18. The number of anilines is 1. The van der Waals surface area contributed by atoms with E-state index in [0.29, 0.717) is 5.92 Å². The fraction of sp³-hybridized carbons (Fsp3) is 0.455. The van der Waals surface area contributed by atoms with E-state index in [4.69, 9.17) is 11.6 Å². The van der Waals surface area contributed by atoms with Crippen molar-refractivity contribution >= 4 is 17.3 Å². The number of halogens is 1. The van der Waals surface area contributed by atoms with Gasteiger partial charge in [-0.3, -0.25) is 0 Å². The molecular formula is C11H16ClN. The molecule has 0 spiro atoms.